The Morgan fingerprint density at radius 2 is 2.09 bits per heavy atom. The van der Waals surface area contributed by atoms with Crippen LogP contribution >= 0.6 is 0 Å². The summed E-state index contributed by atoms with van der Waals surface area (Å²) in [6.45, 7) is 0. The van der Waals surface area contributed by atoms with Gasteiger partial charge in [-0.2, -0.15) is 9.97 Å². The Morgan fingerprint density at radius 3 is 2.91 bits per heavy atom. The predicted molar refractivity (Wildman–Crippen MR) is 38.4 cm³/mol. The molecule has 2 heterocycles. The highest BCUT2D eigenvalue weighted by Crippen LogP contribution is 2.15. The number of nitrogen functional groups attached to an aromatic ring is 2. The van der Waals surface area contributed by atoms with Crippen LogP contribution in [-0.4, -0.2) is 15.0 Å². The number of nitrogens with zero attached hydrogens (tertiary/aromatic N) is 3. The van der Waals surface area contributed by atoms with Crippen LogP contribution < -0.4 is 11.5 Å². The fourth-order valence-electron chi connectivity index (χ4n) is 0.800. The summed E-state index contributed by atoms with van der Waals surface area (Å²) in [6.07, 6.45) is 1.25. The van der Waals surface area contributed by atoms with Crippen LogP contribution in [0.4, 0.5) is 11.8 Å². The Morgan fingerprint density at radius 1 is 1.27 bits per heavy atom. The summed E-state index contributed by atoms with van der Waals surface area (Å²) >= 11 is 0. The van der Waals surface area contributed by atoms with Crippen LogP contribution in [0.5, 0.6) is 0 Å². The third-order valence-corrected chi connectivity index (χ3v) is 1.24. The molecule has 11 heavy (non-hydrogen) atoms. The monoisotopic (exact) mass is 151 g/mol. The summed E-state index contributed by atoms with van der Waals surface area (Å²) in [5, 5.41) is 0. The van der Waals surface area contributed by atoms with E-state index in [-0.39, 0.29) is 11.8 Å². The largest absolute Gasteiger partial charge is 0.425 e. The lowest BCUT2D eigenvalue weighted by atomic mass is 10.5. The van der Waals surface area contributed by atoms with E-state index in [4.69, 9.17) is 15.9 Å². The molecule has 0 aliphatic carbocycles. The fraction of sp³-hybridized carbons (Fsp3) is 0. The summed E-state index contributed by atoms with van der Waals surface area (Å²) < 4.78 is 4.86. The minimum atomic E-state index is 0.0896. The van der Waals surface area contributed by atoms with Gasteiger partial charge in [-0.15, -0.1) is 0 Å². The number of nitrogens with two attached hydrogens (primary N) is 2. The maximum absolute atomic E-state index is 5.45. The van der Waals surface area contributed by atoms with Gasteiger partial charge < -0.3 is 15.9 Å². The summed E-state index contributed by atoms with van der Waals surface area (Å²) in [5.41, 5.74) is 11.5. The standard InChI is InChI=1S/C5H5N5O/c6-3-2-4(11-1-8-2)10-5(7)9-3/h1H,(H4,6,7,9,10). The molecule has 0 unspecified atom stereocenters. The lowest BCUT2D eigenvalue weighted by Gasteiger charge is -1.92. The number of aromatic nitrogens is 3. The van der Waals surface area contributed by atoms with Gasteiger partial charge in [0.25, 0.3) is 5.71 Å². The fourth-order valence-corrected chi connectivity index (χ4v) is 0.800. The highest BCUT2D eigenvalue weighted by Gasteiger charge is 2.05. The van der Waals surface area contributed by atoms with Crippen LogP contribution in [0.2, 0.25) is 0 Å². The van der Waals surface area contributed by atoms with E-state index in [1.807, 2.05) is 0 Å². The molecule has 0 saturated carbocycles. The zero-order valence-corrected chi connectivity index (χ0v) is 5.48. The van der Waals surface area contributed by atoms with Crippen molar-refractivity contribution in [2.24, 2.45) is 0 Å². The van der Waals surface area contributed by atoms with E-state index in [1.54, 1.807) is 0 Å². The van der Waals surface area contributed by atoms with E-state index < -0.39 is 0 Å². The topological polar surface area (TPSA) is 104 Å². The van der Waals surface area contributed by atoms with E-state index in [2.05, 4.69) is 15.0 Å². The first kappa shape index (κ1) is 5.90. The van der Waals surface area contributed by atoms with Crippen molar-refractivity contribution in [1.29, 1.82) is 0 Å². The first-order valence-electron chi connectivity index (χ1n) is 2.89. The minimum absolute atomic E-state index is 0.0896. The molecule has 0 aliphatic rings. The second-order valence-corrected chi connectivity index (χ2v) is 1.97. The van der Waals surface area contributed by atoms with Crippen molar-refractivity contribution in [3.05, 3.63) is 6.39 Å². The average Bonchev–Trinajstić information content (AvgIpc) is 2.34. The first-order chi connectivity index (χ1) is 5.27. The summed E-state index contributed by atoms with van der Waals surface area (Å²) in [4.78, 5) is 11.2. The van der Waals surface area contributed by atoms with Crippen LogP contribution in [0.3, 0.4) is 0 Å². The molecule has 6 heteroatoms. The van der Waals surface area contributed by atoms with Crippen molar-refractivity contribution in [1.82, 2.24) is 15.0 Å². The molecule has 0 aliphatic heterocycles. The molecule has 0 radical (unpaired) electrons. The maximum atomic E-state index is 5.45. The summed E-state index contributed by atoms with van der Waals surface area (Å²) in [7, 11) is 0. The average molecular weight is 151 g/mol. The Balaban J connectivity index is 2.91. The van der Waals surface area contributed by atoms with Gasteiger partial charge in [-0.1, -0.05) is 0 Å². The first-order valence-corrected chi connectivity index (χ1v) is 2.89. The van der Waals surface area contributed by atoms with Crippen molar-refractivity contribution in [3.8, 4) is 0 Å². The van der Waals surface area contributed by atoms with Gasteiger partial charge >= 0.3 is 0 Å². The zero-order chi connectivity index (χ0) is 7.84. The number of anilines is 2. The van der Waals surface area contributed by atoms with Crippen LogP contribution in [-0.2, 0) is 0 Å². The van der Waals surface area contributed by atoms with E-state index >= 15 is 0 Å². The van der Waals surface area contributed by atoms with Gasteiger partial charge in [0.1, 0.15) is 0 Å². The zero-order valence-electron chi connectivity index (χ0n) is 5.48. The molecular weight excluding hydrogens is 146 g/mol. The van der Waals surface area contributed by atoms with Crippen molar-refractivity contribution in [2.75, 3.05) is 11.5 Å². The number of hydrogen-bond donors (Lipinski definition) is 2. The molecule has 0 saturated heterocycles. The lowest BCUT2D eigenvalue weighted by molar-refractivity contribution is 0.591. The van der Waals surface area contributed by atoms with Crippen molar-refractivity contribution in [3.63, 3.8) is 0 Å². The Bertz CT molecular complexity index is 395. The van der Waals surface area contributed by atoms with E-state index in [0.29, 0.717) is 11.2 Å². The van der Waals surface area contributed by atoms with Gasteiger partial charge in [0.05, 0.1) is 0 Å². The smallest absolute Gasteiger partial charge is 0.253 e. The molecule has 0 aromatic carbocycles. The van der Waals surface area contributed by atoms with E-state index in [1.165, 1.54) is 6.39 Å². The molecule has 0 spiro atoms. The molecular formula is C5H5N5O. The molecule has 2 aromatic heterocycles. The van der Waals surface area contributed by atoms with Crippen LogP contribution in [0.1, 0.15) is 0 Å². The lowest BCUT2D eigenvalue weighted by Crippen LogP contribution is -1.99. The van der Waals surface area contributed by atoms with Gasteiger partial charge in [0.15, 0.2) is 17.7 Å². The number of fused-ring (bicyclic) bond motifs is 1. The quantitative estimate of drug-likeness (QED) is 0.539. The summed E-state index contributed by atoms with van der Waals surface area (Å²) in [5.74, 6) is 0.327. The van der Waals surface area contributed by atoms with E-state index in [0.717, 1.165) is 0 Å². The maximum Gasteiger partial charge on any atom is 0.253 e. The van der Waals surface area contributed by atoms with E-state index in [9.17, 15) is 0 Å². The van der Waals surface area contributed by atoms with Crippen molar-refractivity contribution >= 4 is 23.0 Å². The molecule has 56 valence electrons. The van der Waals surface area contributed by atoms with Crippen LogP contribution in [0.25, 0.3) is 11.2 Å². The number of oxazole rings is 1. The summed E-state index contributed by atoms with van der Waals surface area (Å²) in [6, 6.07) is 0. The predicted octanol–water partition coefficient (Wildman–Crippen LogP) is -0.218. The normalized spacial score (nSPS) is 10.5. The molecule has 2 rings (SSSR count). The molecule has 2 aromatic rings. The molecule has 0 atom stereocenters. The second-order valence-electron chi connectivity index (χ2n) is 1.97. The number of rotatable bonds is 0. The van der Waals surface area contributed by atoms with Gasteiger partial charge in [-0.3, -0.25) is 0 Å². The van der Waals surface area contributed by atoms with Gasteiger partial charge in [-0.05, 0) is 0 Å². The van der Waals surface area contributed by atoms with Gasteiger partial charge in [0, 0.05) is 0 Å². The van der Waals surface area contributed by atoms with Crippen molar-refractivity contribution < 1.29 is 4.42 Å². The third kappa shape index (κ3) is 0.759. The molecule has 4 N–H and O–H groups in total. The SMILES string of the molecule is Nc1nc(N)c2ncoc2n1. The Kier molecular flexibility index (Phi) is 0.974. The van der Waals surface area contributed by atoms with Crippen molar-refractivity contribution in [2.45, 2.75) is 0 Å². The Labute approximate surface area is 61.2 Å². The number of hydrogen-bond acceptors (Lipinski definition) is 6. The van der Waals surface area contributed by atoms with Crippen LogP contribution in [0.15, 0.2) is 10.8 Å². The molecule has 0 amide bonds. The second kappa shape index (κ2) is 1.82. The van der Waals surface area contributed by atoms with Crippen LogP contribution in [0, 0.1) is 0 Å². The molecule has 0 fully saturated rings. The minimum Gasteiger partial charge on any atom is -0.425 e. The van der Waals surface area contributed by atoms with Gasteiger partial charge in [-0.25, -0.2) is 4.98 Å². The third-order valence-electron chi connectivity index (χ3n) is 1.24. The van der Waals surface area contributed by atoms with Gasteiger partial charge in [0.2, 0.25) is 5.95 Å². The molecule has 0 bridgehead atoms. The molecule has 6 nitrogen and oxygen atoms in total. The Hall–Kier alpha value is -1.85. The highest BCUT2D eigenvalue weighted by molar-refractivity contribution is 5.80. The highest BCUT2D eigenvalue weighted by atomic mass is 16.3.